The predicted octanol–water partition coefficient (Wildman–Crippen LogP) is 3.31. The molecule has 2 heterocycles. The van der Waals surface area contributed by atoms with Gasteiger partial charge >= 0.3 is 6.09 Å². The summed E-state index contributed by atoms with van der Waals surface area (Å²) >= 11 is 3.37. The number of ether oxygens (including phenoxy) is 1. The van der Waals surface area contributed by atoms with E-state index in [9.17, 15) is 4.79 Å². The Balaban J connectivity index is 0.000000186. The topological polar surface area (TPSA) is 51.2 Å². The minimum absolute atomic E-state index is 0.00926. The summed E-state index contributed by atoms with van der Waals surface area (Å²) in [6.07, 6.45) is 3.16. The van der Waals surface area contributed by atoms with Gasteiger partial charge in [-0.2, -0.15) is 0 Å². The summed E-state index contributed by atoms with van der Waals surface area (Å²) in [5, 5.41) is 2.72. The minimum atomic E-state index is -0.343. The van der Waals surface area contributed by atoms with Crippen LogP contribution in [0.1, 0.15) is 11.6 Å². The molecule has 0 bridgehead atoms. The van der Waals surface area contributed by atoms with Crippen LogP contribution < -0.4 is 5.32 Å². The Morgan fingerprint density at radius 1 is 1.21 bits per heavy atom. The highest BCUT2D eigenvalue weighted by Crippen LogP contribution is 2.21. The van der Waals surface area contributed by atoms with Gasteiger partial charge in [-0.3, -0.25) is 4.98 Å². The molecule has 1 aliphatic heterocycles. The fraction of sp³-hybridized carbons (Fsp3) is 0.143. The number of hydrogen-bond acceptors (Lipinski definition) is 3. The van der Waals surface area contributed by atoms with E-state index in [0.29, 0.717) is 6.61 Å². The van der Waals surface area contributed by atoms with E-state index in [1.54, 1.807) is 12.4 Å². The van der Waals surface area contributed by atoms with Crippen molar-refractivity contribution in [3.8, 4) is 0 Å². The van der Waals surface area contributed by atoms with Gasteiger partial charge in [0, 0.05) is 16.9 Å². The van der Waals surface area contributed by atoms with Gasteiger partial charge in [-0.25, -0.2) is 4.79 Å². The number of amides is 1. The maximum atomic E-state index is 10.8. The van der Waals surface area contributed by atoms with Crippen LogP contribution in [-0.4, -0.2) is 17.7 Å². The fourth-order valence-electron chi connectivity index (χ4n) is 1.60. The Hall–Kier alpha value is -1.88. The van der Waals surface area contributed by atoms with Crippen molar-refractivity contribution in [2.75, 3.05) is 6.61 Å². The zero-order valence-corrected chi connectivity index (χ0v) is 11.7. The number of benzene rings is 1. The van der Waals surface area contributed by atoms with Gasteiger partial charge in [0.1, 0.15) is 6.61 Å². The largest absolute Gasteiger partial charge is 0.447 e. The first kappa shape index (κ1) is 13.5. The van der Waals surface area contributed by atoms with Gasteiger partial charge in [0.25, 0.3) is 0 Å². The Morgan fingerprint density at radius 3 is 2.47 bits per heavy atom. The lowest BCUT2D eigenvalue weighted by atomic mass is 10.1. The number of nitrogens with one attached hydrogen (secondary N) is 1. The summed E-state index contributed by atoms with van der Waals surface area (Å²) in [6.45, 7) is 0.412. The number of hydrogen-bond donors (Lipinski definition) is 1. The standard InChI is InChI=1S/C9H8BrNO2.C5H5N/c10-7-3-1-2-6(4-7)8-5-13-9(12)11-8;1-2-4-6-5-3-1/h1-4,8H,5H2,(H,11,12);1-5H/t8-;/m0./s1. The summed E-state index contributed by atoms with van der Waals surface area (Å²) in [5.41, 5.74) is 1.06. The number of aromatic nitrogens is 1. The molecule has 1 fully saturated rings. The molecule has 5 heteroatoms. The second-order valence-electron chi connectivity index (χ2n) is 3.87. The van der Waals surface area contributed by atoms with Crippen molar-refractivity contribution in [2.24, 2.45) is 0 Å². The molecule has 4 nitrogen and oxygen atoms in total. The van der Waals surface area contributed by atoms with E-state index in [1.807, 2.05) is 42.5 Å². The lowest BCUT2D eigenvalue weighted by Gasteiger charge is -2.06. The average molecular weight is 321 g/mol. The molecule has 1 aromatic carbocycles. The lowest BCUT2D eigenvalue weighted by molar-refractivity contribution is 0.177. The van der Waals surface area contributed by atoms with Gasteiger partial charge in [-0.1, -0.05) is 34.1 Å². The molecule has 1 atom stereocenters. The smallest absolute Gasteiger partial charge is 0.407 e. The zero-order chi connectivity index (χ0) is 13.5. The van der Waals surface area contributed by atoms with Crippen molar-refractivity contribution >= 4 is 22.0 Å². The highest BCUT2D eigenvalue weighted by atomic mass is 79.9. The van der Waals surface area contributed by atoms with Crippen LogP contribution in [0.15, 0.2) is 59.3 Å². The summed E-state index contributed by atoms with van der Waals surface area (Å²) in [5.74, 6) is 0. The number of cyclic esters (lactones) is 1. The second-order valence-corrected chi connectivity index (χ2v) is 4.79. The van der Waals surface area contributed by atoms with Crippen LogP contribution in [0.2, 0.25) is 0 Å². The molecule has 1 aromatic heterocycles. The third-order valence-electron chi connectivity index (χ3n) is 2.49. The van der Waals surface area contributed by atoms with E-state index >= 15 is 0 Å². The normalized spacial score (nSPS) is 16.9. The van der Waals surface area contributed by atoms with E-state index in [2.05, 4.69) is 26.2 Å². The van der Waals surface area contributed by atoms with Gasteiger partial charge in [-0.05, 0) is 29.8 Å². The Kier molecular flexibility index (Phi) is 4.92. The minimum Gasteiger partial charge on any atom is -0.447 e. The summed E-state index contributed by atoms with van der Waals surface area (Å²) in [7, 11) is 0. The van der Waals surface area contributed by atoms with Crippen molar-refractivity contribution < 1.29 is 9.53 Å². The molecule has 2 aromatic rings. The van der Waals surface area contributed by atoms with Crippen molar-refractivity contribution in [1.82, 2.24) is 10.3 Å². The van der Waals surface area contributed by atoms with Crippen molar-refractivity contribution in [3.05, 3.63) is 64.9 Å². The molecule has 19 heavy (non-hydrogen) atoms. The van der Waals surface area contributed by atoms with Crippen LogP contribution in [0.3, 0.4) is 0 Å². The van der Waals surface area contributed by atoms with Gasteiger partial charge in [0.05, 0.1) is 6.04 Å². The number of rotatable bonds is 1. The number of nitrogens with zero attached hydrogens (tertiary/aromatic N) is 1. The average Bonchev–Trinajstić information content (AvgIpc) is 2.88. The first-order valence-electron chi connectivity index (χ1n) is 5.79. The van der Waals surface area contributed by atoms with Crippen LogP contribution >= 0.6 is 15.9 Å². The molecule has 1 saturated heterocycles. The van der Waals surface area contributed by atoms with E-state index in [1.165, 1.54) is 0 Å². The second kappa shape index (κ2) is 6.89. The number of alkyl carbamates (subject to hydrolysis) is 1. The quantitative estimate of drug-likeness (QED) is 0.877. The van der Waals surface area contributed by atoms with Crippen LogP contribution in [0.4, 0.5) is 4.79 Å². The van der Waals surface area contributed by atoms with Crippen molar-refractivity contribution in [1.29, 1.82) is 0 Å². The van der Waals surface area contributed by atoms with Gasteiger partial charge in [0.15, 0.2) is 0 Å². The lowest BCUT2D eigenvalue weighted by Crippen LogP contribution is -2.18. The van der Waals surface area contributed by atoms with E-state index in [4.69, 9.17) is 4.74 Å². The maximum Gasteiger partial charge on any atom is 0.407 e. The number of pyridine rings is 1. The van der Waals surface area contributed by atoms with Crippen LogP contribution in [0.5, 0.6) is 0 Å². The first-order valence-corrected chi connectivity index (χ1v) is 6.59. The van der Waals surface area contributed by atoms with Crippen LogP contribution in [0.25, 0.3) is 0 Å². The monoisotopic (exact) mass is 320 g/mol. The molecular formula is C14H13BrN2O2. The van der Waals surface area contributed by atoms with Gasteiger partial charge in [-0.15, -0.1) is 0 Å². The number of carbonyl (C=O) groups excluding carboxylic acids is 1. The van der Waals surface area contributed by atoms with E-state index in [0.717, 1.165) is 10.0 Å². The molecule has 0 aliphatic carbocycles. The Morgan fingerprint density at radius 2 is 2.00 bits per heavy atom. The van der Waals surface area contributed by atoms with Crippen LogP contribution in [0, 0.1) is 0 Å². The SMILES string of the molecule is O=C1N[C@H](c2cccc(Br)c2)CO1.c1ccncc1. The molecule has 0 spiro atoms. The molecule has 0 saturated carbocycles. The van der Waals surface area contributed by atoms with Crippen LogP contribution in [-0.2, 0) is 4.74 Å². The molecule has 0 unspecified atom stereocenters. The molecule has 1 amide bonds. The summed E-state index contributed by atoms with van der Waals surface area (Å²) < 4.78 is 5.80. The molecule has 1 N–H and O–H groups in total. The fourth-order valence-corrected chi connectivity index (χ4v) is 2.02. The summed E-state index contributed by atoms with van der Waals surface area (Å²) in [4.78, 5) is 14.6. The number of carbonyl (C=O) groups is 1. The molecule has 3 rings (SSSR count). The Labute approximate surface area is 119 Å². The zero-order valence-electron chi connectivity index (χ0n) is 10.1. The van der Waals surface area contributed by atoms with Crippen molar-refractivity contribution in [2.45, 2.75) is 6.04 Å². The van der Waals surface area contributed by atoms with Gasteiger partial charge in [0.2, 0.25) is 0 Å². The predicted molar refractivity (Wildman–Crippen MR) is 75.6 cm³/mol. The number of halogens is 1. The Bertz CT molecular complexity index is 507. The molecular weight excluding hydrogens is 308 g/mol. The third kappa shape index (κ3) is 4.37. The maximum absolute atomic E-state index is 10.8. The van der Waals surface area contributed by atoms with Gasteiger partial charge < -0.3 is 10.1 Å². The molecule has 1 aliphatic rings. The highest BCUT2D eigenvalue weighted by Gasteiger charge is 2.23. The van der Waals surface area contributed by atoms with E-state index < -0.39 is 0 Å². The molecule has 98 valence electrons. The highest BCUT2D eigenvalue weighted by molar-refractivity contribution is 9.10. The van der Waals surface area contributed by atoms with E-state index in [-0.39, 0.29) is 12.1 Å². The third-order valence-corrected chi connectivity index (χ3v) is 2.98. The first-order chi connectivity index (χ1) is 9.25. The van der Waals surface area contributed by atoms with Crippen molar-refractivity contribution in [3.63, 3.8) is 0 Å². The summed E-state index contributed by atoms with van der Waals surface area (Å²) in [6, 6.07) is 13.5. The molecule has 0 radical (unpaired) electrons.